The molecule has 1 fully saturated rings. The first-order valence-corrected chi connectivity index (χ1v) is 8.32. The molecular weight excluding hydrogens is 337 g/mol. The molecule has 0 spiro atoms. The zero-order valence-electron chi connectivity index (χ0n) is 12.3. The average molecular weight is 360 g/mol. The van der Waals surface area contributed by atoms with Crippen molar-refractivity contribution >= 4 is 21.6 Å². The van der Waals surface area contributed by atoms with Crippen molar-refractivity contribution in [3.63, 3.8) is 0 Å². The van der Waals surface area contributed by atoms with Crippen LogP contribution in [0.3, 0.4) is 0 Å². The molecule has 1 aliphatic carbocycles. The predicted octanol–water partition coefficient (Wildman–Crippen LogP) is 3.96. The summed E-state index contributed by atoms with van der Waals surface area (Å²) in [4.78, 5) is 0. The molecule has 3 nitrogen and oxygen atoms in total. The third kappa shape index (κ3) is 5.57. The third-order valence-corrected chi connectivity index (χ3v) is 4.36. The summed E-state index contributed by atoms with van der Waals surface area (Å²) >= 11 is 3.30. The summed E-state index contributed by atoms with van der Waals surface area (Å²) in [5.41, 5.74) is 0.384. The molecule has 0 heterocycles. The molecule has 0 aliphatic heterocycles. The summed E-state index contributed by atoms with van der Waals surface area (Å²) in [7, 11) is 0. The largest absolute Gasteiger partial charge is 0.389 e. The number of hydrogen-bond acceptors (Lipinski definition) is 3. The van der Waals surface area contributed by atoms with Crippen molar-refractivity contribution in [3.05, 3.63) is 28.5 Å². The molecule has 0 radical (unpaired) electrons. The fourth-order valence-electron chi connectivity index (χ4n) is 2.70. The van der Waals surface area contributed by atoms with Gasteiger partial charge in [-0.05, 0) is 37.0 Å². The first kappa shape index (κ1) is 16.7. The minimum absolute atomic E-state index is 0.256. The quantitative estimate of drug-likeness (QED) is 0.807. The van der Waals surface area contributed by atoms with Crippen LogP contribution in [0.1, 0.15) is 32.6 Å². The van der Waals surface area contributed by atoms with Gasteiger partial charge in [0.05, 0.1) is 24.5 Å². The summed E-state index contributed by atoms with van der Waals surface area (Å²) in [6.07, 6.45) is 4.23. The second-order valence-corrected chi connectivity index (χ2v) is 6.80. The Bertz CT molecular complexity index is 458. The van der Waals surface area contributed by atoms with E-state index in [1.165, 1.54) is 18.9 Å². The first-order chi connectivity index (χ1) is 10.0. The molecule has 1 aromatic rings. The highest BCUT2D eigenvalue weighted by molar-refractivity contribution is 9.10. The van der Waals surface area contributed by atoms with Crippen molar-refractivity contribution in [1.82, 2.24) is 0 Å². The molecule has 118 valence electrons. The molecule has 0 amide bonds. The number of ether oxygens (including phenoxy) is 1. The van der Waals surface area contributed by atoms with Crippen molar-refractivity contribution in [1.29, 1.82) is 0 Å². The monoisotopic (exact) mass is 359 g/mol. The molecule has 2 rings (SSSR count). The molecule has 3 unspecified atom stereocenters. The van der Waals surface area contributed by atoms with Crippen LogP contribution in [-0.4, -0.2) is 30.5 Å². The number of hydrogen-bond donors (Lipinski definition) is 2. The van der Waals surface area contributed by atoms with E-state index in [4.69, 9.17) is 4.74 Å². The van der Waals surface area contributed by atoms with Gasteiger partial charge in [-0.15, -0.1) is 0 Å². The highest BCUT2D eigenvalue weighted by atomic mass is 79.9. The van der Waals surface area contributed by atoms with Gasteiger partial charge in [0.1, 0.15) is 5.82 Å². The Hall–Kier alpha value is -0.650. The molecule has 0 aromatic heterocycles. The Morgan fingerprint density at radius 3 is 3.05 bits per heavy atom. The van der Waals surface area contributed by atoms with E-state index >= 15 is 0 Å². The van der Waals surface area contributed by atoms with Gasteiger partial charge in [-0.1, -0.05) is 35.7 Å². The summed E-state index contributed by atoms with van der Waals surface area (Å²) in [5.74, 6) is 0.377. The number of halogens is 2. The Morgan fingerprint density at radius 2 is 2.29 bits per heavy atom. The average Bonchev–Trinajstić information content (AvgIpc) is 2.46. The van der Waals surface area contributed by atoms with Crippen LogP contribution < -0.4 is 5.32 Å². The van der Waals surface area contributed by atoms with Crippen LogP contribution in [0.15, 0.2) is 22.7 Å². The minimum atomic E-state index is -0.638. The molecule has 21 heavy (non-hydrogen) atoms. The van der Waals surface area contributed by atoms with E-state index in [9.17, 15) is 9.50 Å². The molecule has 1 saturated carbocycles. The number of aliphatic hydroxyl groups excluding tert-OH is 1. The van der Waals surface area contributed by atoms with Crippen LogP contribution in [0.5, 0.6) is 0 Å². The van der Waals surface area contributed by atoms with Gasteiger partial charge in [0, 0.05) is 11.0 Å². The van der Waals surface area contributed by atoms with Crippen molar-refractivity contribution in [3.8, 4) is 0 Å². The van der Waals surface area contributed by atoms with Crippen LogP contribution >= 0.6 is 15.9 Å². The SMILES string of the molecule is CC1CCCC(OCC(O)CNc2cc(Br)ccc2F)C1. The molecular formula is C16H23BrFNO2. The van der Waals surface area contributed by atoms with Gasteiger partial charge in [-0.25, -0.2) is 4.39 Å². The zero-order chi connectivity index (χ0) is 15.2. The highest BCUT2D eigenvalue weighted by Gasteiger charge is 2.20. The van der Waals surface area contributed by atoms with E-state index in [1.807, 2.05) is 0 Å². The van der Waals surface area contributed by atoms with E-state index in [2.05, 4.69) is 28.2 Å². The second-order valence-electron chi connectivity index (χ2n) is 5.89. The van der Waals surface area contributed by atoms with Crippen LogP contribution in [0.2, 0.25) is 0 Å². The normalized spacial score (nSPS) is 23.8. The van der Waals surface area contributed by atoms with Crippen molar-refractivity contribution < 1.29 is 14.2 Å². The van der Waals surface area contributed by atoms with Gasteiger partial charge >= 0.3 is 0 Å². The second kappa shape index (κ2) is 8.11. The predicted molar refractivity (Wildman–Crippen MR) is 86.0 cm³/mol. The Kier molecular flexibility index (Phi) is 6.45. The van der Waals surface area contributed by atoms with Crippen LogP contribution in [0.4, 0.5) is 10.1 Å². The maximum absolute atomic E-state index is 13.5. The van der Waals surface area contributed by atoms with Gasteiger partial charge in [-0.3, -0.25) is 0 Å². The fourth-order valence-corrected chi connectivity index (χ4v) is 3.06. The van der Waals surface area contributed by atoms with Gasteiger partial charge in [0.2, 0.25) is 0 Å². The van der Waals surface area contributed by atoms with Gasteiger partial charge in [-0.2, -0.15) is 0 Å². The maximum atomic E-state index is 13.5. The lowest BCUT2D eigenvalue weighted by Gasteiger charge is -2.27. The van der Waals surface area contributed by atoms with Gasteiger partial charge in [0.25, 0.3) is 0 Å². The molecule has 1 aromatic carbocycles. The summed E-state index contributed by atoms with van der Waals surface area (Å²) in [5, 5.41) is 12.9. The lowest BCUT2D eigenvalue weighted by atomic mass is 9.89. The van der Waals surface area contributed by atoms with Crippen molar-refractivity contribution in [2.45, 2.75) is 44.8 Å². The summed E-state index contributed by atoms with van der Waals surface area (Å²) in [6, 6.07) is 4.69. The topological polar surface area (TPSA) is 41.5 Å². The fraction of sp³-hybridized carbons (Fsp3) is 0.625. The number of nitrogens with one attached hydrogen (secondary N) is 1. The number of anilines is 1. The van der Waals surface area contributed by atoms with Gasteiger partial charge < -0.3 is 15.2 Å². The van der Waals surface area contributed by atoms with E-state index in [0.717, 1.165) is 17.3 Å². The number of benzene rings is 1. The smallest absolute Gasteiger partial charge is 0.146 e. The van der Waals surface area contributed by atoms with Crippen LogP contribution in [0.25, 0.3) is 0 Å². The summed E-state index contributed by atoms with van der Waals surface area (Å²) < 4.78 is 20.1. The minimum Gasteiger partial charge on any atom is -0.389 e. The molecule has 1 aliphatic rings. The Labute approximate surface area is 134 Å². The standard InChI is InChI=1S/C16H23BrFNO2/c1-11-3-2-4-14(7-11)21-10-13(20)9-19-16-8-12(17)5-6-15(16)18/h5-6,8,11,13-14,19-20H,2-4,7,9-10H2,1H3. The molecule has 0 bridgehead atoms. The van der Waals surface area contributed by atoms with E-state index in [-0.39, 0.29) is 18.5 Å². The Morgan fingerprint density at radius 1 is 1.48 bits per heavy atom. The van der Waals surface area contributed by atoms with Crippen molar-refractivity contribution in [2.75, 3.05) is 18.5 Å². The highest BCUT2D eigenvalue weighted by Crippen LogP contribution is 2.25. The third-order valence-electron chi connectivity index (χ3n) is 3.87. The molecule has 2 N–H and O–H groups in total. The lowest BCUT2D eigenvalue weighted by Crippen LogP contribution is -2.30. The zero-order valence-corrected chi connectivity index (χ0v) is 13.9. The van der Waals surface area contributed by atoms with E-state index in [0.29, 0.717) is 18.2 Å². The van der Waals surface area contributed by atoms with Gasteiger partial charge in [0.15, 0.2) is 0 Å². The lowest BCUT2D eigenvalue weighted by molar-refractivity contribution is -0.0274. The number of rotatable bonds is 6. The maximum Gasteiger partial charge on any atom is 0.146 e. The van der Waals surface area contributed by atoms with E-state index in [1.54, 1.807) is 12.1 Å². The Balaban J connectivity index is 1.72. The summed E-state index contributed by atoms with van der Waals surface area (Å²) in [6.45, 7) is 2.80. The van der Waals surface area contributed by atoms with Crippen LogP contribution in [0, 0.1) is 11.7 Å². The van der Waals surface area contributed by atoms with Crippen LogP contribution in [-0.2, 0) is 4.74 Å². The van der Waals surface area contributed by atoms with E-state index < -0.39 is 6.10 Å². The first-order valence-electron chi connectivity index (χ1n) is 7.53. The molecule has 5 heteroatoms. The number of aliphatic hydroxyl groups is 1. The van der Waals surface area contributed by atoms with Crippen molar-refractivity contribution in [2.24, 2.45) is 5.92 Å². The molecule has 0 saturated heterocycles. The molecule has 3 atom stereocenters.